The Morgan fingerprint density at radius 2 is 1.90 bits per heavy atom. The number of rotatable bonds is 7. The molecule has 2 heterocycles. The minimum Gasteiger partial charge on any atom is -0.472 e. The molecule has 0 atom stereocenters. The Balaban J connectivity index is 1.94. The van der Waals surface area contributed by atoms with Gasteiger partial charge in [-0.05, 0) is 46.7 Å². The van der Waals surface area contributed by atoms with Gasteiger partial charge in [0.1, 0.15) is 12.2 Å². The van der Waals surface area contributed by atoms with Gasteiger partial charge in [0.05, 0.1) is 23.2 Å². The Morgan fingerprint density at radius 1 is 1.17 bits per heavy atom. The molecule has 0 saturated carbocycles. The molecule has 0 aliphatic heterocycles. The number of ether oxygens (including phenoxy) is 2. The molecule has 2 N–H and O–H groups in total. The average molecular weight is 410 g/mol. The van der Waals surface area contributed by atoms with Crippen LogP contribution in [0.15, 0.2) is 47.8 Å². The standard InChI is InChI=1S/C22H22N2O4S/c1-13(2)16-11-17(18-5-4-10-29-18)24-21(19(16)20(23)25)28-12-14-6-8-15(9-7-14)22(26)27-3/h4-11,13H,12H2,1-3H3,(H2,23,25). The van der Waals surface area contributed by atoms with Gasteiger partial charge in [0.15, 0.2) is 0 Å². The van der Waals surface area contributed by atoms with E-state index in [4.69, 9.17) is 15.2 Å². The molecule has 0 saturated heterocycles. The summed E-state index contributed by atoms with van der Waals surface area (Å²) in [6, 6.07) is 12.7. The zero-order valence-corrected chi connectivity index (χ0v) is 17.3. The van der Waals surface area contributed by atoms with Crippen LogP contribution in [0.4, 0.5) is 0 Å². The normalized spacial score (nSPS) is 10.8. The lowest BCUT2D eigenvalue weighted by Crippen LogP contribution is -2.18. The minimum absolute atomic E-state index is 0.0703. The molecule has 6 nitrogen and oxygen atoms in total. The number of carbonyl (C=O) groups excluding carboxylic acids is 2. The molecule has 7 heteroatoms. The van der Waals surface area contributed by atoms with Crippen LogP contribution >= 0.6 is 11.3 Å². The quantitative estimate of drug-likeness (QED) is 0.583. The molecule has 1 amide bonds. The monoisotopic (exact) mass is 410 g/mol. The number of nitrogens with zero attached hydrogens (tertiary/aromatic N) is 1. The van der Waals surface area contributed by atoms with Crippen LogP contribution in [-0.4, -0.2) is 24.0 Å². The zero-order valence-electron chi connectivity index (χ0n) is 16.5. The number of esters is 1. The summed E-state index contributed by atoms with van der Waals surface area (Å²) in [6.07, 6.45) is 0. The average Bonchev–Trinajstić information content (AvgIpc) is 3.26. The van der Waals surface area contributed by atoms with Crippen LogP contribution in [0, 0.1) is 0 Å². The Kier molecular flexibility index (Phi) is 6.29. The molecule has 3 aromatic rings. The first kappa shape index (κ1) is 20.5. The molecule has 0 fully saturated rings. The maximum atomic E-state index is 12.2. The first-order valence-electron chi connectivity index (χ1n) is 9.09. The fourth-order valence-electron chi connectivity index (χ4n) is 2.91. The molecule has 0 radical (unpaired) electrons. The number of methoxy groups -OCH3 is 1. The van der Waals surface area contributed by atoms with Gasteiger partial charge in [-0.3, -0.25) is 4.79 Å². The molecule has 150 valence electrons. The van der Waals surface area contributed by atoms with Gasteiger partial charge in [0.25, 0.3) is 5.91 Å². The predicted molar refractivity (Wildman–Crippen MR) is 112 cm³/mol. The van der Waals surface area contributed by atoms with Crippen molar-refractivity contribution in [3.63, 3.8) is 0 Å². The van der Waals surface area contributed by atoms with E-state index in [2.05, 4.69) is 4.98 Å². The lowest BCUT2D eigenvalue weighted by molar-refractivity contribution is 0.0600. The lowest BCUT2D eigenvalue weighted by atomic mass is 9.97. The largest absolute Gasteiger partial charge is 0.472 e. The van der Waals surface area contributed by atoms with Crippen LogP contribution in [0.3, 0.4) is 0 Å². The second-order valence-corrected chi connectivity index (χ2v) is 7.70. The van der Waals surface area contributed by atoms with E-state index in [-0.39, 0.29) is 18.4 Å². The highest BCUT2D eigenvalue weighted by atomic mass is 32.1. The highest BCUT2D eigenvalue weighted by molar-refractivity contribution is 7.13. The predicted octanol–water partition coefficient (Wildman–Crippen LogP) is 4.40. The van der Waals surface area contributed by atoms with Crippen LogP contribution in [0.25, 0.3) is 10.6 Å². The highest BCUT2D eigenvalue weighted by Crippen LogP contribution is 2.33. The van der Waals surface area contributed by atoms with Crippen molar-refractivity contribution in [2.24, 2.45) is 5.73 Å². The maximum Gasteiger partial charge on any atom is 0.337 e. The van der Waals surface area contributed by atoms with Crippen LogP contribution in [-0.2, 0) is 11.3 Å². The molecule has 0 bridgehead atoms. The summed E-state index contributed by atoms with van der Waals surface area (Å²) in [7, 11) is 1.34. The SMILES string of the molecule is COC(=O)c1ccc(COc2nc(-c3cccs3)cc(C(C)C)c2C(N)=O)cc1. The van der Waals surface area contributed by atoms with Gasteiger partial charge in [-0.15, -0.1) is 11.3 Å². The first-order chi connectivity index (χ1) is 13.9. The molecule has 0 unspecified atom stereocenters. The third-order valence-electron chi connectivity index (χ3n) is 4.41. The van der Waals surface area contributed by atoms with Crippen LogP contribution in [0.2, 0.25) is 0 Å². The van der Waals surface area contributed by atoms with Crippen molar-refractivity contribution < 1.29 is 19.1 Å². The Hall–Kier alpha value is -3.19. The van der Waals surface area contributed by atoms with Gasteiger partial charge < -0.3 is 15.2 Å². The van der Waals surface area contributed by atoms with E-state index in [9.17, 15) is 9.59 Å². The van der Waals surface area contributed by atoms with Gasteiger partial charge in [-0.25, -0.2) is 9.78 Å². The molecule has 29 heavy (non-hydrogen) atoms. The second kappa shape index (κ2) is 8.87. The number of primary amides is 1. The number of amides is 1. The third kappa shape index (κ3) is 4.63. The van der Waals surface area contributed by atoms with Crippen LogP contribution in [0.1, 0.15) is 51.6 Å². The molecule has 1 aromatic carbocycles. The van der Waals surface area contributed by atoms with E-state index in [0.29, 0.717) is 11.1 Å². The number of aromatic nitrogens is 1. The second-order valence-electron chi connectivity index (χ2n) is 6.75. The van der Waals surface area contributed by atoms with Crippen molar-refractivity contribution in [3.05, 3.63) is 70.1 Å². The summed E-state index contributed by atoms with van der Waals surface area (Å²) in [5, 5.41) is 1.97. The lowest BCUT2D eigenvalue weighted by Gasteiger charge is -2.17. The van der Waals surface area contributed by atoms with Crippen molar-refractivity contribution in [2.45, 2.75) is 26.4 Å². The molecular formula is C22H22N2O4S. The van der Waals surface area contributed by atoms with Gasteiger partial charge in [0, 0.05) is 0 Å². The van der Waals surface area contributed by atoms with E-state index in [1.165, 1.54) is 7.11 Å². The number of hydrogen-bond donors (Lipinski definition) is 1. The van der Waals surface area contributed by atoms with E-state index >= 15 is 0 Å². The summed E-state index contributed by atoms with van der Waals surface area (Å²) in [6.45, 7) is 4.17. The van der Waals surface area contributed by atoms with Crippen molar-refractivity contribution in [3.8, 4) is 16.5 Å². The summed E-state index contributed by atoms with van der Waals surface area (Å²) in [5.74, 6) is -0.694. The topological polar surface area (TPSA) is 91.5 Å². The molecule has 0 spiro atoms. The van der Waals surface area contributed by atoms with Gasteiger partial charge in [-0.2, -0.15) is 0 Å². The van der Waals surface area contributed by atoms with Gasteiger partial charge in [-0.1, -0.05) is 32.0 Å². The van der Waals surface area contributed by atoms with Gasteiger partial charge >= 0.3 is 5.97 Å². The number of hydrogen-bond acceptors (Lipinski definition) is 6. The van der Waals surface area contributed by atoms with Crippen molar-refractivity contribution in [1.82, 2.24) is 4.98 Å². The molecular weight excluding hydrogens is 388 g/mol. The number of thiophene rings is 1. The Bertz CT molecular complexity index is 1010. The fourth-order valence-corrected chi connectivity index (χ4v) is 3.59. The summed E-state index contributed by atoms with van der Waals surface area (Å²) in [5.41, 5.74) is 8.76. The van der Waals surface area contributed by atoms with E-state index in [0.717, 1.165) is 21.7 Å². The van der Waals surface area contributed by atoms with Crippen molar-refractivity contribution >= 4 is 23.2 Å². The smallest absolute Gasteiger partial charge is 0.337 e. The maximum absolute atomic E-state index is 12.2. The molecule has 3 rings (SSSR count). The van der Waals surface area contributed by atoms with Crippen LogP contribution in [0.5, 0.6) is 5.88 Å². The summed E-state index contributed by atoms with van der Waals surface area (Å²) >= 11 is 1.56. The van der Waals surface area contributed by atoms with Crippen molar-refractivity contribution in [1.29, 1.82) is 0 Å². The third-order valence-corrected chi connectivity index (χ3v) is 5.30. The summed E-state index contributed by atoms with van der Waals surface area (Å²) in [4.78, 5) is 29.3. The number of benzene rings is 1. The Labute approximate surface area is 173 Å². The first-order valence-corrected chi connectivity index (χ1v) is 9.97. The zero-order chi connectivity index (χ0) is 21.0. The number of pyridine rings is 1. The summed E-state index contributed by atoms with van der Waals surface area (Å²) < 4.78 is 10.6. The van der Waals surface area contributed by atoms with Gasteiger partial charge in [0.2, 0.25) is 5.88 Å². The molecule has 0 aliphatic carbocycles. The van der Waals surface area contributed by atoms with E-state index in [1.807, 2.05) is 37.4 Å². The van der Waals surface area contributed by atoms with Crippen LogP contribution < -0.4 is 10.5 Å². The minimum atomic E-state index is -0.574. The van der Waals surface area contributed by atoms with E-state index < -0.39 is 11.9 Å². The Morgan fingerprint density at radius 3 is 2.45 bits per heavy atom. The highest BCUT2D eigenvalue weighted by Gasteiger charge is 2.21. The fraction of sp³-hybridized carbons (Fsp3) is 0.227. The molecule has 0 aliphatic rings. The molecule has 2 aromatic heterocycles. The van der Waals surface area contributed by atoms with E-state index in [1.54, 1.807) is 35.6 Å². The number of nitrogens with two attached hydrogens (primary N) is 1. The van der Waals surface area contributed by atoms with Crippen molar-refractivity contribution in [2.75, 3.05) is 7.11 Å². The number of carbonyl (C=O) groups is 2.